The summed E-state index contributed by atoms with van der Waals surface area (Å²) in [6, 6.07) is 11.5. The van der Waals surface area contributed by atoms with Crippen molar-refractivity contribution < 1.29 is 9.59 Å². The van der Waals surface area contributed by atoms with Crippen molar-refractivity contribution in [1.82, 2.24) is 15.1 Å². The van der Waals surface area contributed by atoms with Gasteiger partial charge in [-0.25, -0.2) is 5.10 Å². The molecular formula is C18H14Cl2N4O3. The number of nitrogens with one attached hydrogen (secondary N) is 2. The first kappa shape index (κ1) is 18.9. The molecule has 2 aromatic carbocycles. The van der Waals surface area contributed by atoms with Crippen LogP contribution in [0.25, 0.3) is 10.8 Å². The summed E-state index contributed by atoms with van der Waals surface area (Å²) in [5.41, 5.74) is -0.0634. The van der Waals surface area contributed by atoms with Crippen LogP contribution in [0.5, 0.6) is 0 Å². The van der Waals surface area contributed by atoms with E-state index in [0.29, 0.717) is 10.8 Å². The van der Waals surface area contributed by atoms with Crippen LogP contribution in [0.2, 0.25) is 10.0 Å². The molecule has 2 N–H and O–H groups in total. The molecule has 27 heavy (non-hydrogen) atoms. The van der Waals surface area contributed by atoms with Gasteiger partial charge < -0.3 is 10.2 Å². The molecule has 1 heterocycles. The number of amides is 2. The molecule has 0 bridgehead atoms. The van der Waals surface area contributed by atoms with Gasteiger partial charge in [0.25, 0.3) is 11.5 Å². The summed E-state index contributed by atoms with van der Waals surface area (Å²) in [5, 5.41) is 10.1. The molecule has 1 aromatic heterocycles. The maximum Gasteiger partial charge on any atom is 0.275 e. The number of carbonyl (C=O) groups is 2. The number of aromatic nitrogens is 2. The summed E-state index contributed by atoms with van der Waals surface area (Å²) >= 11 is 12.1. The number of rotatable bonds is 4. The molecule has 0 unspecified atom stereocenters. The number of hydrogen-bond acceptors (Lipinski definition) is 4. The second-order valence-electron chi connectivity index (χ2n) is 5.75. The number of H-pyrrole nitrogens is 1. The maximum absolute atomic E-state index is 12.7. The maximum atomic E-state index is 12.7. The van der Waals surface area contributed by atoms with Gasteiger partial charge in [-0.1, -0.05) is 47.5 Å². The van der Waals surface area contributed by atoms with E-state index in [1.54, 1.807) is 42.5 Å². The van der Waals surface area contributed by atoms with Crippen LogP contribution in [0.4, 0.5) is 5.69 Å². The molecule has 0 saturated heterocycles. The lowest BCUT2D eigenvalue weighted by Gasteiger charge is -2.17. The average Bonchev–Trinajstić information content (AvgIpc) is 2.65. The smallest absolute Gasteiger partial charge is 0.275 e. The van der Waals surface area contributed by atoms with Crippen molar-refractivity contribution in [3.05, 3.63) is 68.6 Å². The van der Waals surface area contributed by atoms with E-state index in [2.05, 4.69) is 15.5 Å². The third-order valence-electron chi connectivity index (χ3n) is 3.85. The van der Waals surface area contributed by atoms with Gasteiger partial charge in [-0.05, 0) is 18.2 Å². The number of hydrogen-bond donors (Lipinski definition) is 2. The molecule has 0 spiro atoms. The van der Waals surface area contributed by atoms with Crippen molar-refractivity contribution in [2.75, 3.05) is 18.9 Å². The topological polar surface area (TPSA) is 95.2 Å². The Morgan fingerprint density at radius 1 is 1.07 bits per heavy atom. The summed E-state index contributed by atoms with van der Waals surface area (Å²) in [6.07, 6.45) is 0. The van der Waals surface area contributed by atoms with Gasteiger partial charge in [-0.3, -0.25) is 14.4 Å². The van der Waals surface area contributed by atoms with Gasteiger partial charge in [0.1, 0.15) is 0 Å². The van der Waals surface area contributed by atoms with Gasteiger partial charge in [0.2, 0.25) is 5.91 Å². The highest BCUT2D eigenvalue weighted by molar-refractivity contribution is 6.39. The third kappa shape index (κ3) is 3.94. The Morgan fingerprint density at radius 2 is 1.70 bits per heavy atom. The largest absolute Gasteiger partial charge is 0.331 e. The summed E-state index contributed by atoms with van der Waals surface area (Å²) in [6.45, 7) is -0.254. The fourth-order valence-electron chi connectivity index (χ4n) is 2.54. The Hall–Kier alpha value is -2.90. The minimum absolute atomic E-state index is 0.0521. The number of fused-ring (bicyclic) bond motifs is 1. The number of anilines is 1. The summed E-state index contributed by atoms with van der Waals surface area (Å²) in [5.74, 6) is -0.988. The van der Waals surface area contributed by atoms with E-state index in [9.17, 15) is 14.4 Å². The van der Waals surface area contributed by atoms with Gasteiger partial charge in [-0.2, -0.15) is 5.10 Å². The van der Waals surface area contributed by atoms with Crippen molar-refractivity contribution in [1.29, 1.82) is 0 Å². The molecule has 0 saturated carbocycles. The molecule has 2 amide bonds. The Labute approximate surface area is 163 Å². The van der Waals surface area contributed by atoms with Crippen LogP contribution < -0.4 is 10.9 Å². The van der Waals surface area contributed by atoms with Gasteiger partial charge >= 0.3 is 0 Å². The first-order valence-electron chi connectivity index (χ1n) is 7.85. The Morgan fingerprint density at radius 3 is 2.37 bits per heavy atom. The quantitative estimate of drug-likeness (QED) is 0.698. The molecule has 0 radical (unpaired) electrons. The Balaban J connectivity index is 1.80. The molecule has 138 valence electrons. The normalized spacial score (nSPS) is 10.6. The predicted octanol–water partition coefficient (Wildman–Crippen LogP) is 2.94. The zero-order valence-corrected chi connectivity index (χ0v) is 15.6. The van der Waals surface area contributed by atoms with E-state index in [1.807, 2.05) is 0 Å². The fraction of sp³-hybridized carbons (Fsp3) is 0.111. The predicted molar refractivity (Wildman–Crippen MR) is 104 cm³/mol. The highest BCUT2D eigenvalue weighted by Gasteiger charge is 2.20. The number of aromatic amines is 1. The van der Waals surface area contributed by atoms with Crippen LogP contribution in [-0.2, 0) is 4.79 Å². The molecular weight excluding hydrogens is 391 g/mol. The second-order valence-corrected chi connectivity index (χ2v) is 6.57. The molecule has 3 aromatic rings. The van der Waals surface area contributed by atoms with Gasteiger partial charge in [-0.15, -0.1) is 0 Å². The highest BCUT2D eigenvalue weighted by atomic mass is 35.5. The first-order valence-corrected chi connectivity index (χ1v) is 8.61. The van der Waals surface area contributed by atoms with E-state index in [1.165, 1.54) is 11.9 Å². The van der Waals surface area contributed by atoms with Crippen molar-refractivity contribution in [2.24, 2.45) is 0 Å². The lowest BCUT2D eigenvalue weighted by atomic mass is 10.1. The Bertz CT molecular complexity index is 1080. The number of para-hydroxylation sites is 1. The molecule has 0 aliphatic rings. The zero-order chi connectivity index (χ0) is 19.6. The molecule has 0 aliphatic heterocycles. The van der Waals surface area contributed by atoms with E-state index in [4.69, 9.17) is 23.2 Å². The highest BCUT2D eigenvalue weighted by Crippen LogP contribution is 2.29. The van der Waals surface area contributed by atoms with Crippen LogP contribution in [0.1, 0.15) is 10.5 Å². The molecule has 0 fully saturated rings. The number of nitrogens with zero attached hydrogens (tertiary/aromatic N) is 2. The van der Waals surface area contributed by atoms with E-state index < -0.39 is 17.4 Å². The fourth-order valence-corrected chi connectivity index (χ4v) is 3.03. The summed E-state index contributed by atoms with van der Waals surface area (Å²) in [4.78, 5) is 38.0. The Kier molecular flexibility index (Phi) is 5.43. The van der Waals surface area contributed by atoms with Crippen LogP contribution >= 0.6 is 23.2 Å². The summed E-state index contributed by atoms with van der Waals surface area (Å²) in [7, 11) is 1.46. The molecule has 0 atom stereocenters. The lowest BCUT2D eigenvalue weighted by molar-refractivity contribution is -0.116. The summed E-state index contributed by atoms with van der Waals surface area (Å²) < 4.78 is 0. The average molecular weight is 405 g/mol. The molecule has 7 nitrogen and oxygen atoms in total. The van der Waals surface area contributed by atoms with Crippen LogP contribution in [0.15, 0.2) is 47.3 Å². The number of benzene rings is 2. The van der Waals surface area contributed by atoms with Gasteiger partial charge in [0, 0.05) is 12.4 Å². The number of carbonyl (C=O) groups excluding carboxylic acids is 2. The van der Waals surface area contributed by atoms with Gasteiger partial charge in [0.05, 0.1) is 27.7 Å². The van der Waals surface area contributed by atoms with Crippen molar-refractivity contribution in [3.8, 4) is 0 Å². The molecule has 9 heteroatoms. The zero-order valence-electron chi connectivity index (χ0n) is 14.1. The third-order valence-corrected chi connectivity index (χ3v) is 4.48. The second kappa shape index (κ2) is 7.77. The molecule has 3 rings (SSSR count). The number of halogens is 2. The van der Waals surface area contributed by atoms with E-state index >= 15 is 0 Å². The minimum atomic E-state index is -0.511. The van der Waals surface area contributed by atoms with Gasteiger partial charge in [0.15, 0.2) is 5.69 Å². The van der Waals surface area contributed by atoms with Crippen LogP contribution in [-0.4, -0.2) is 40.5 Å². The minimum Gasteiger partial charge on any atom is -0.331 e. The standard InChI is InChI=1S/C18H14Cl2N4O3/c1-24(9-14(25)21-16-12(19)7-4-8-13(16)20)18(27)15-10-5-2-3-6-11(10)17(26)23-22-15/h2-8H,9H2,1H3,(H,21,25)(H,23,26). The van der Waals surface area contributed by atoms with E-state index in [0.717, 1.165) is 0 Å². The lowest BCUT2D eigenvalue weighted by Crippen LogP contribution is -2.36. The monoisotopic (exact) mass is 404 g/mol. The van der Waals surface area contributed by atoms with Crippen molar-refractivity contribution in [2.45, 2.75) is 0 Å². The number of likely N-dealkylation sites (N-methyl/N-ethyl adjacent to an activating group) is 1. The SMILES string of the molecule is CN(CC(=O)Nc1c(Cl)cccc1Cl)C(=O)c1n[nH]c(=O)c2ccccc12. The van der Waals surface area contributed by atoms with Crippen LogP contribution in [0, 0.1) is 0 Å². The van der Waals surface area contributed by atoms with Crippen molar-refractivity contribution in [3.63, 3.8) is 0 Å². The van der Waals surface area contributed by atoms with E-state index in [-0.39, 0.29) is 28.0 Å². The van der Waals surface area contributed by atoms with Crippen molar-refractivity contribution >= 4 is 51.5 Å². The van der Waals surface area contributed by atoms with Crippen LogP contribution in [0.3, 0.4) is 0 Å². The molecule has 0 aliphatic carbocycles. The first-order chi connectivity index (χ1) is 12.9.